The Morgan fingerprint density at radius 2 is 2.00 bits per heavy atom. The number of thiazole rings is 1. The SMILES string of the molecule is CCCNCC(C)(O)Cc1nc(C(C)(C)C)cs1. The second-order valence-electron chi connectivity index (χ2n) is 6.23. The van der Waals surface area contributed by atoms with E-state index in [1.807, 2.05) is 6.92 Å². The summed E-state index contributed by atoms with van der Waals surface area (Å²) < 4.78 is 0. The Balaban J connectivity index is 2.58. The minimum Gasteiger partial charge on any atom is -0.388 e. The highest BCUT2D eigenvalue weighted by Gasteiger charge is 2.24. The molecule has 1 rings (SSSR count). The highest BCUT2D eigenvalue weighted by Crippen LogP contribution is 2.25. The molecule has 1 unspecified atom stereocenters. The third-order valence-corrected chi connectivity index (χ3v) is 3.63. The molecule has 2 N–H and O–H groups in total. The molecule has 0 aliphatic carbocycles. The van der Waals surface area contributed by atoms with Gasteiger partial charge in [0.25, 0.3) is 0 Å². The van der Waals surface area contributed by atoms with E-state index in [1.165, 1.54) is 0 Å². The van der Waals surface area contributed by atoms with E-state index in [-0.39, 0.29) is 5.41 Å². The molecule has 0 amide bonds. The van der Waals surface area contributed by atoms with Crippen LogP contribution in [0.2, 0.25) is 0 Å². The molecule has 104 valence electrons. The molecular weight excluding hydrogens is 244 g/mol. The number of aromatic nitrogens is 1. The second kappa shape index (κ2) is 6.13. The lowest BCUT2D eigenvalue weighted by Crippen LogP contribution is -2.40. The van der Waals surface area contributed by atoms with Crippen LogP contribution < -0.4 is 5.32 Å². The molecule has 1 atom stereocenters. The molecule has 1 aromatic heterocycles. The van der Waals surface area contributed by atoms with Gasteiger partial charge in [-0.1, -0.05) is 27.7 Å². The molecule has 0 fully saturated rings. The number of hydrogen-bond donors (Lipinski definition) is 2. The maximum absolute atomic E-state index is 10.3. The predicted molar refractivity (Wildman–Crippen MR) is 78.3 cm³/mol. The fourth-order valence-electron chi connectivity index (χ4n) is 1.66. The molecule has 0 aliphatic heterocycles. The van der Waals surface area contributed by atoms with Gasteiger partial charge in [0, 0.05) is 23.8 Å². The predicted octanol–water partition coefficient (Wildman–Crippen LogP) is 2.73. The first-order chi connectivity index (χ1) is 8.24. The minimum atomic E-state index is -0.720. The fourth-order valence-corrected chi connectivity index (χ4v) is 2.86. The van der Waals surface area contributed by atoms with Crippen molar-refractivity contribution in [1.82, 2.24) is 10.3 Å². The van der Waals surface area contributed by atoms with Gasteiger partial charge in [0.15, 0.2) is 0 Å². The van der Waals surface area contributed by atoms with Crippen LogP contribution >= 0.6 is 11.3 Å². The van der Waals surface area contributed by atoms with Crippen LogP contribution in [-0.4, -0.2) is 28.8 Å². The van der Waals surface area contributed by atoms with Crippen LogP contribution in [0.3, 0.4) is 0 Å². The molecule has 0 saturated heterocycles. The van der Waals surface area contributed by atoms with Gasteiger partial charge in [-0.2, -0.15) is 0 Å². The van der Waals surface area contributed by atoms with Gasteiger partial charge in [-0.25, -0.2) is 4.98 Å². The highest BCUT2D eigenvalue weighted by atomic mass is 32.1. The zero-order valence-electron chi connectivity index (χ0n) is 12.2. The van der Waals surface area contributed by atoms with Crippen molar-refractivity contribution in [2.45, 2.75) is 58.5 Å². The Bertz CT molecular complexity index is 366. The first kappa shape index (κ1) is 15.6. The van der Waals surface area contributed by atoms with Crippen LogP contribution in [0.25, 0.3) is 0 Å². The van der Waals surface area contributed by atoms with Gasteiger partial charge in [-0.3, -0.25) is 0 Å². The average Bonchev–Trinajstić information content (AvgIpc) is 2.65. The van der Waals surface area contributed by atoms with E-state index in [2.05, 4.69) is 43.4 Å². The fraction of sp³-hybridized carbons (Fsp3) is 0.786. The van der Waals surface area contributed by atoms with Crippen molar-refractivity contribution in [1.29, 1.82) is 0 Å². The quantitative estimate of drug-likeness (QED) is 0.781. The van der Waals surface area contributed by atoms with Crippen molar-refractivity contribution in [3.63, 3.8) is 0 Å². The van der Waals surface area contributed by atoms with Gasteiger partial charge in [0.1, 0.15) is 0 Å². The summed E-state index contributed by atoms with van der Waals surface area (Å²) in [6, 6.07) is 0. The summed E-state index contributed by atoms with van der Waals surface area (Å²) in [5.41, 5.74) is 0.475. The molecule has 1 aromatic rings. The lowest BCUT2D eigenvalue weighted by molar-refractivity contribution is 0.0602. The summed E-state index contributed by atoms with van der Waals surface area (Å²) in [4.78, 5) is 4.63. The molecule has 1 heterocycles. The maximum atomic E-state index is 10.3. The van der Waals surface area contributed by atoms with Gasteiger partial charge in [-0.05, 0) is 19.9 Å². The van der Waals surface area contributed by atoms with E-state index >= 15 is 0 Å². The van der Waals surface area contributed by atoms with Gasteiger partial charge < -0.3 is 10.4 Å². The van der Waals surface area contributed by atoms with Crippen LogP contribution in [0.1, 0.15) is 51.7 Å². The Morgan fingerprint density at radius 3 is 2.50 bits per heavy atom. The molecule has 0 aromatic carbocycles. The molecule has 18 heavy (non-hydrogen) atoms. The van der Waals surface area contributed by atoms with Crippen LogP contribution in [-0.2, 0) is 11.8 Å². The first-order valence-corrected chi connectivity index (χ1v) is 7.50. The number of nitrogens with zero attached hydrogens (tertiary/aromatic N) is 1. The zero-order chi connectivity index (χ0) is 13.8. The molecule has 0 aliphatic rings. The van der Waals surface area contributed by atoms with Gasteiger partial charge in [-0.15, -0.1) is 11.3 Å². The number of rotatable bonds is 6. The Hall–Kier alpha value is -0.450. The lowest BCUT2D eigenvalue weighted by atomic mass is 9.93. The number of hydrogen-bond acceptors (Lipinski definition) is 4. The summed E-state index contributed by atoms with van der Waals surface area (Å²) in [6.07, 6.45) is 1.70. The Labute approximate surface area is 115 Å². The first-order valence-electron chi connectivity index (χ1n) is 6.62. The minimum absolute atomic E-state index is 0.0844. The van der Waals surface area contributed by atoms with Crippen molar-refractivity contribution < 1.29 is 5.11 Å². The van der Waals surface area contributed by atoms with Crippen molar-refractivity contribution in [3.8, 4) is 0 Å². The highest BCUT2D eigenvalue weighted by molar-refractivity contribution is 7.09. The molecule has 0 radical (unpaired) electrons. The maximum Gasteiger partial charge on any atom is 0.0957 e. The zero-order valence-corrected chi connectivity index (χ0v) is 13.0. The van der Waals surface area contributed by atoms with Crippen molar-refractivity contribution >= 4 is 11.3 Å². The summed E-state index contributed by atoms with van der Waals surface area (Å²) in [6.45, 7) is 12.0. The van der Waals surface area contributed by atoms with Crippen LogP contribution in [0.4, 0.5) is 0 Å². The number of nitrogens with one attached hydrogen (secondary N) is 1. The number of aliphatic hydroxyl groups is 1. The molecule has 4 heteroatoms. The lowest BCUT2D eigenvalue weighted by Gasteiger charge is -2.22. The van der Waals surface area contributed by atoms with E-state index in [0.717, 1.165) is 23.7 Å². The summed E-state index contributed by atoms with van der Waals surface area (Å²) in [5, 5.41) is 16.7. The second-order valence-corrected chi connectivity index (χ2v) is 7.17. The van der Waals surface area contributed by atoms with Crippen molar-refractivity contribution in [3.05, 3.63) is 16.1 Å². The van der Waals surface area contributed by atoms with E-state index in [1.54, 1.807) is 11.3 Å². The van der Waals surface area contributed by atoms with Crippen LogP contribution in [0.15, 0.2) is 5.38 Å². The summed E-state index contributed by atoms with van der Waals surface area (Å²) in [7, 11) is 0. The molecule has 0 bridgehead atoms. The van der Waals surface area contributed by atoms with E-state index in [9.17, 15) is 5.11 Å². The van der Waals surface area contributed by atoms with Crippen LogP contribution in [0.5, 0.6) is 0 Å². The van der Waals surface area contributed by atoms with E-state index < -0.39 is 5.60 Å². The topological polar surface area (TPSA) is 45.1 Å². The largest absolute Gasteiger partial charge is 0.388 e. The third-order valence-electron chi connectivity index (χ3n) is 2.78. The standard InChI is InChI=1S/C14H26N2OS/c1-6-7-15-10-14(5,17)8-12-16-11(9-18-12)13(2,3)4/h9,15,17H,6-8,10H2,1-5H3. The van der Waals surface area contributed by atoms with Gasteiger partial charge >= 0.3 is 0 Å². The van der Waals surface area contributed by atoms with Crippen molar-refractivity contribution in [2.75, 3.05) is 13.1 Å². The Morgan fingerprint density at radius 1 is 1.33 bits per heavy atom. The molecule has 0 spiro atoms. The third kappa shape index (κ3) is 5.04. The monoisotopic (exact) mass is 270 g/mol. The molecule has 0 saturated carbocycles. The van der Waals surface area contributed by atoms with E-state index in [0.29, 0.717) is 13.0 Å². The molecule has 3 nitrogen and oxygen atoms in total. The van der Waals surface area contributed by atoms with Crippen molar-refractivity contribution in [2.24, 2.45) is 0 Å². The van der Waals surface area contributed by atoms with Gasteiger partial charge in [0.2, 0.25) is 0 Å². The summed E-state index contributed by atoms with van der Waals surface area (Å²) >= 11 is 1.64. The Kier molecular flexibility index (Phi) is 5.32. The average molecular weight is 270 g/mol. The normalized spacial score (nSPS) is 15.7. The summed E-state index contributed by atoms with van der Waals surface area (Å²) in [5.74, 6) is 0. The van der Waals surface area contributed by atoms with E-state index in [4.69, 9.17) is 0 Å². The smallest absolute Gasteiger partial charge is 0.0957 e. The molecular formula is C14H26N2OS. The van der Waals surface area contributed by atoms with Gasteiger partial charge in [0.05, 0.1) is 16.3 Å². The van der Waals surface area contributed by atoms with Crippen LogP contribution in [0, 0.1) is 0 Å².